The summed E-state index contributed by atoms with van der Waals surface area (Å²) in [6.07, 6.45) is 5.04. The summed E-state index contributed by atoms with van der Waals surface area (Å²) in [6, 6.07) is 8.58. The van der Waals surface area contributed by atoms with Gasteiger partial charge in [-0.05, 0) is 30.9 Å². The zero-order valence-corrected chi connectivity index (χ0v) is 10.5. The second kappa shape index (κ2) is 7.04. The van der Waals surface area contributed by atoms with E-state index in [1.807, 2.05) is 6.92 Å². The Morgan fingerprint density at radius 1 is 1.19 bits per heavy atom. The Kier molecular flexibility index (Phi) is 5.62. The van der Waals surface area contributed by atoms with Gasteiger partial charge in [0, 0.05) is 0 Å². The molecular weight excluding hydrogens is 198 g/mol. The molecular formula is C14H21NO. The van der Waals surface area contributed by atoms with Gasteiger partial charge in [0.2, 0.25) is 0 Å². The molecule has 0 aliphatic rings. The van der Waals surface area contributed by atoms with Crippen LogP contribution in [0.1, 0.15) is 44.2 Å². The van der Waals surface area contributed by atoms with Crippen molar-refractivity contribution in [1.29, 1.82) is 0 Å². The summed E-state index contributed by atoms with van der Waals surface area (Å²) in [7, 11) is 1.57. The van der Waals surface area contributed by atoms with Gasteiger partial charge in [-0.25, -0.2) is 0 Å². The molecule has 0 N–H and O–H groups in total. The number of hydrogen-bond acceptors (Lipinski definition) is 2. The van der Waals surface area contributed by atoms with Crippen LogP contribution in [0, 0.1) is 0 Å². The Labute approximate surface area is 98.3 Å². The Bertz CT molecular complexity index is 327. The van der Waals surface area contributed by atoms with Crippen molar-refractivity contribution in [3.8, 4) is 0 Å². The van der Waals surface area contributed by atoms with Gasteiger partial charge < -0.3 is 4.84 Å². The van der Waals surface area contributed by atoms with Crippen LogP contribution < -0.4 is 0 Å². The number of oxime groups is 1. The average molecular weight is 219 g/mol. The van der Waals surface area contributed by atoms with Gasteiger partial charge in [0.05, 0.1) is 5.71 Å². The van der Waals surface area contributed by atoms with Crippen LogP contribution in [0.5, 0.6) is 0 Å². The predicted octanol–water partition coefficient (Wildman–Crippen LogP) is 3.79. The number of nitrogens with zero attached hydrogens (tertiary/aromatic N) is 1. The number of benzene rings is 1. The van der Waals surface area contributed by atoms with Crippen molar-refractivity contribution < 1.29 is 4.84 Å². The molecule has 0 aliphatic carbocycles. The highest BCUT2D eigenvalue weighted by molar-refractivity contribution is 5.98. The van der Waals surface area contributed by atoms with Gasteiger partial charge >= 0.3 is 0 Å². The van der Waals surface area contributed by atoms with Crippen LogP contribution in [0.15, 0.2) is 29.4 Å². The molecule has 0 aliphatic heterocycles. The fourth-order valence-corrected chi connectivity index (χ4v) is 1.68. The molecule has 0 unspecified atom stereocenters. The van der Waals surface area contributed by atoms with Gasteiger partial charge in [0.1, 0.15) is 7.11 Å². The smallest absolute Gasteiger partial charge is 0.106 e. The first kappa shape index (κ1) is 12.8. The third-order valence-corrected chi connectivity index (χ3v) is 2.67. The topological polar surface area (TPSA) is 21.6 Å². The van der Waals surface area contributed by atoms with Crippen LogP contribution in [0.25, 0.3) is 0 Å². The number of hydrogen-bond donors (Lipinski definition) is 0. The predicted molar refractivity (Wildman–Crippen MR) is 68.9 cm³/mol. The van der Waals surface area contributed by atoms with Crippen molar-refractivity contribution >= 4 is 5.71 Å². The van der Waals surface area contributed by atoms with Crippen LogP contribution >= 0.6 is 0 Å². The van der Waals surface area contributed by atoms with Gasteiger partial charge in [-0.2, -0.15) is 0 Å². The van der Waals surface area contributed by atoms with E-state index in [0.717, 1.165) is 11.3 Å². The SMILES string of the molecule is CCCCCc1ccc(C(C)=NOC)cc1. The fraction of sp³-hybridized carbons (Fsp3) is 0.500. The van der Waals surface area contributed by atoms with Crippen molar-refractivity contribution in [1.82, 2.24) is 0 Å². The second-order valence-corrected chi connectivity index (χ2v) is 4.01. The third-order valence-electron chi connectivity index (χ3n) is 2.67. The van der Waals surface area contributed by atoms with Crippen molar-refractivity contribution in [3.05, 3.63) is 35.4 Å². The summed E-state index contributed by atoms with van der Waals surface area (Å²) in [5.41, 5.74) is 3.45. The molecule has 0 saturated heterocycles. The summed E-state index contributed by atoms with van der Waals surface area (Å²) in [4.78, 5) is 4.76. The third kappa shape index (κ3) is 4.05. The minimum Gasteiger partial charge on any atom is -0.399 e. The molecule has 2 nitrogen and oxygen atoms in total. The van der Waals surface area contributed by atoms with E-state index in [-0.39, 0.29) is 0 Å². The Balaban J connectivity index is 2.57. The van der Waals surface area contributed by atoms with Crippen molar-refractivity contribution in [2.24, 2.45) is 5.16 Å². The Morgan fingerprint density at radius 2 is 1.88 bits per heavy atom. The zero-order chi connectivity index (χ0) is 11.8. The molecule has 0 atom stereocenters. The lowest BCUT2D eigenvalue weighted by Gasteiger charge is -2.03. The summed E-state index contributed by atoms with van der Waals surface area (Å²) in [6.45, 7) is 4.18. The van der Waals surface area contributed by atoms with Crippen LogP contribution in [-0.2, 0) is 11.3 Å². The lowest BCUT2D eigenvalue weighted by Crippen LogP contribution is -1.95. The Morgan fingerprint density at radius 3 is 2.44 bits per heavy atom. The number of aryl methyl sites for hydroxylation is 1. The molecule has 16 heavy (non-hydrogen) atoms. The largest absolute Gasteiger partial charge is 0.399 e. The zero-order valence-electron chi connectivity index (χ0n) is 10.5. The molecule has 0 fully saturated rings. The summed E-state index contributed by atoms with van der Waals surface area (Å²) >= 11 is 0. The Hall–Kier alpha value is -1.31. The quantitative estimate of drug-likeness (QED) is 0.405. The first-order valence-corrected chi connectivity index (χ1v) is 5.95. The van der Waals surface area contributed by atoms with E-state index in [1.54, 1.807) is 7.11 Å². The fourth-order valence-electron chi connectivity index (χ4n) is 1.68. The highest BCUT2D eigenvalue weighted by atomic mass is 16.6. The molecule has 0 bridgehead atoms. The number of rotatable bonds is 6. The van der Waals surface area contributed by atoms with Gasteiger partial charge in [0.25, 0.3) is 0 Å². The van der Waals surface area contributed by atoms with Gasteiger partial charge in [-0.3, -0.25) is 0 Å². The maximum atomic E-state index is 4.76. The molecule has 1 aromatic rings. The average Bonchev–Trinajstić information content (AvgIpc) is 2.30. The molecule has 0 amide bonds. The monoisotopic (exact) mass is 219 g/mol. The first-order valence-electron chi connectivity index (χ1n) is 5.95. The highest BCUT2D eigenvalue weighted by Crippen LogP contribution is 2.09. The van der Waals surface area contributed by atoms with E-state index in [2.05, 4.69) is 36.3 Å². The van der Waals surface area contributed by atoms with E-state index in [9.17, 15) is 0 Å². The normalized spacial score (nSPS) is 11.6. The van der Waals surface area contributed by atoms with Crippen molar-refractivity contribution in [2.75, 3.05) is 7.11 Å². The van der Waals surface area contributed by atoms with E-state index < -0.39 is 0 Å². The summed E-state index contributed by atoms with van der Waals surface area (Å²) < 4.78 is 0. The lowest BCUT2D eigenvalue weighted by atomic mass is 10.0. The molecule has 1 rings (SSSR count). The van der Waals surface area contributed by atoms with Gasteiger partial charge in [-0.15, -0.1) is 0 Å². The van der Waals surface area contributed by atoms with Gasteiger partial charge in [0.15, 0.2) is 0 Å². The standard InChI is InChI=1S/C14H21NO/c1-4-5-6-7-13-8-10-14(11-9-13)12(2)15-16-3/h8-11H,4-7H2,1-3H3. The van der Waals surface area contributed by atoms with E-state index in [4.69, 9.17) is 4.84 Å². The molecule has 88 valence electrons. The maximum Gasteiger partial charge on any atom is 0.106 e. The first-order chi connectivity index (χ1) is 7.77. The van der Waals surface area contributed by atoms with Crippen LogP contribution in [0.3, 0.4) is 0 Å². The van der Waals surface area contributed by atoms with Crippen molar-refractivity contribution in [3.63, 3.8) is 0 Å². The molecule has 0 saturated carbocycles. The molecule has 0 spiro atoms. The van der Waals surface area contributed by atoms with Crippen LogP contribution in [0.4, 0.5) is 0 Å². The second-order valence-electron chi connectivity index (χ2n) is 4.01. The molecule has 0 radical (unpaired) electrons. The van der Waals surface area contributed by atoms with Crippen LogP contribution in [0.2, 0.25) is 0 Å². The summed E-state index contributed by atoms with van der Waals surface area (Å²) in [5.74, 6) is 0. The number of unbranched alkanes of at least 4 members (excludes halogenated alkanes) is 2. The molecule has 0 aromatic heterocycles. The van der Waals surface area contributed by atoms with E-state index >= 15 is 0 Å². The molecule has 1 aromatic carbocycles. The molecule has 0 heterocycles. The van der Waals surface area contributed by atoms with Gasteiger partial charge in [-0.1, -0.05) is 49.2 Å². The molecule has 2 heteroatoms. The van der Waals surface area contributed by atoms with E-state index in [0.29, 0.717) is 0 Å². The maximum absolute atomic E-state index is 4.76. The van der Waals surface area contributed by atoms with E-state index in [1.165, 1.54) is 31.2 Å². The minimum atomic E-state index is 0.919. The lowest BCUT2D eigenvalue weighted by molar-refractivity contribution is 0.213. The summed E-state index contributed by atoms with van der Waals surface area (Å²) in [5, 5.41) is 3.92. The van der Waals surface area contributed by atoms with Crippen LogP contribution in [-0.4, -0.2) is 12.8 Å². The highest BCUT2D eigenvalue weighted by Gasteiger charge is 1.98. The minimum absolute atomic E-state index is 0.919. The van der Waals surface area contributed by atoms with Crippen molar-refractivity contribution in [2.45, 2.75) is 39.5 Å².